The van der Waals surface area contributed by atoms with Gasteiger partial charge >= 0.3 is 0 Å². The van der Waals surface area contributed by atoms with Gasteiger partial charge in [0.05, 0.1) is 16.8 Å². The molecule has 0 bridgehead atoms. The molecule has 26 heavy (non-hydrogen) atoms. The van der Waals surface area contributed by atoms with E-state index in [1.807, 2.05) is 32.2 Å². The maximum atomic E-state index is 12.4. The van der Waals surface area contributed by atoms with E-state index in [2.05, 4.69) is 10.3 Å². The predicted molar refractivity (Wildman–Crippen MR) is 101 cm³/mol. The van der Waals surface area contributed by atoms with Crippen molar-refractivity contribution in [3.63, 3.8) is 0 Å². The lowest BCUT2D eigenvalue weighted by molar-refractivity contribution is -0.116. The van der Waals surface area contributed by atoms with Gasteiger partial charge in [0, 0.05) is 18.3 Å². The maximum absolute atomic E-state index is 12.4. The largest absolute Gasteiger partial charge is 0.302 e. The zero-order valence-corrected chi connectivity index (χ0v) is 15.9. The number of benzene rings is 1. The van der Waals surface area contributed by atoms with E-state index in [-0.39, 0.29) is 30.7 Å². The Balaban J connectivity index is 1.52. The average molecular weight is 371 g/mol. The van der Waals surface area contributed by atoms with Crippen LogP contribution in [0.15, 0.2) is 23.6 Å². The number of hydrogen-bond donors (Lipinski definition) is 1. The van der Waals surface area contributed by atoms with E-state index in [0.29, 0.717) is 28.6 Å². The Labute approximate surface area is 156 Å². The zero-order valence-electron chi connectivity index (χ0n) is 15.0. The maximum Gasteiger partial charge on any atom is 0.261 e. The Morgan fingerprint density at radius 1 is 1.23 bits per heavy atom. The molecule has 136 valence electrons. The molecule has 1 aliphatic rings. The van der Waals surface area contributed by atoms with Gasteiger partial charge in [-0.15, -0.1) is 11.3 Å². The average Bonchev–Trinajstić information content (AvgIpc) is 3.14. The molecular weight excluding hydrogens is 350 g/mol. The van der Waals surface area contributed by atoms with Crippen LogP contribution >= 0.6 is 11.3 Å². The smallest absolute Gasteiger partial charge is 0.261 e. The van der Waals surface area contributed by atoms with Crippen molar-refractivity contribution in [2.45, 2.75) is 39.5 Å². The molecule has 0 radical (unpaired) electrons. The van der Waals surface area contributed by atoms with Gasteiger partial charge in [-0.3, -0.25) is 19.3 Å². The Kier molecular flexibility index (Phi) is 5.18. The van der Waals surface area contributed by atoms with Crippen LogP contribution < -0.4 is 5.32 Å². The first-order valence-corrected chi connectivity index (χ1v) is 9.47. The lowest BCUT2D eigenvalue weighted by atomic mass is 10.1. The van der Waals surface area contributed by atoms with E-state index in [1.165, 1.54) is 16.2 Å². The van der Waals surface area contributed by atoms with E-state index in [1.54, 1.807) is 12.1 Å². The molecule has 6 nitrogen and oxygen atoms in total. The molecule has 1 aromatic carbocycles. The first-order chi connectivity index (χ1) is 12.4. The van der Waals surface area contributed by atoms with Gasteiger partial charge in [-0.25, -0.2) is 4.98 Å². The normalized spacial score (nSPS) is 13.5. The highest BCUT2D eigenvalue weighted by Gasteiger charge is 2.34. The number of imide groups is 1. The van der Waals surface area contributed by atoms with Crippen LogP contribution in [-0.2, 0) is 4.79 Å². The standard InChI is InChI=1S/C19H21N3O3S/c1-11(2)15-10-26-19(20-15)21-16(23)5-4-8-22-17(24)13-7-6-12(3)9-14(13)18(22)25/h6-7,9-11H,4-5,8H2,1-3H3,(H,20,21,23). The molecule has 0 spiro atoms. The molecule has 0 saturated heterocycles. The summed E-state index contributed by atoms with van der Waals surface area (Å²) in [5, 5.41) is 5.28. The van der Waals surface area contributed by atoms with Gasteiger partial charge in [-0.1, -0.05) is 25.5 Å². The molecule has 0 fully saturated rings. The SMILES string of the molecule is Cc1ccc2c(c1)C(=O)N(CCCC(=O)Nc1nc(C(C)C)cs1)C2=O. The number of anilines is 1. The second kappa shape index (κ2) is 7.37. The minimum Gasteiger partial charge on any atom is -0.302 e. The number of carbonyl (C=O) groups is 3. The number of thiazole rings is 1. The molecule has 7 heteroatoms. The lowest BCUT2D eigenvalue weighted by Gasteiger charge is -2.13. The van der Waals surface area contributed by atoms with Crippen molar-refractivity contribution in [2.75, 3.05) is 11.9 Å². The van der Waals surface area contributed by atoms with Crippen LogP contribution in [0, 0.1) is 6.92 Å². The summed E-state index contributed by atoms with van der Waals surface area (Å²) in [4.78, 5) is 42.4. The molecule has 3 amide bonds. The molecule has 2 heterocycles. The van der Waals surface area contributed by atoms with Crippen molar-refractivity contribution in [3.8, 4) is 0 Å². The molecule has 2 aromatic rings. The summed E-state index contributed by atoms with van der Waals surface area (Å²) in [6.45, 7) is 6.21. The van der Waals surface area contributed by atoms with Gasteiger partial charge in [-0.05, 0) is 31.4 Å². The lowest BCUT2D eigenvalue weighted by Crippen LogP contribution is -2.31. The second-order valence-electron chi connectivity index (χ2n) is 6.69. The summed E-state index contributed by atoms with van der Waals surface area (Å²) in [6, 6.07) is 5.24. The van der Waals surface area contributed by atoms with Gasteiger partial charge in [-0.2, -0.15) is 0 Å². The Morgan fingerprint density at radius 2 is 1.96 bits per heavy atom. The van der Waals surface area contributed by atoms with E-state index >= 15 is 0 Å². The molecule has 1 aliphatic heterocycles. The highest BCUT2D eigenvalue weighted by Crippen LogP contribution is 2.24. The predicted octanol–water partition coefficient (Wildman–Crippen LogP) is 3.59. The summed E-state index contributed by atoms with van der Waals surface area (Å²) in [6.07, 6.45) is 0.641. The van der Waals surface area contributed by atoms with Gasteiger partial charge in [0.1, 0.15) is 0 Å². The summed E-state index contributed by atoms with van der Waals surface area (Å²) in [5.41, 5.74) is 2.78. The van der Waals surface area contributed by atoms with E-state index < -0.39 is 0 Å². The number of amides is 3. The first kappa shape index (κ1) is 18.3. The van der Waals surface area contributed by atoms with Crippen LogP contribution in [0.25, 0.3) is 0 Å². The molecule has 3 rings (SSSR count). The molecule has 0 unspecified atom stereocenters. The second-order valence-corrected chi connectivity index (χ2v) is 7.55. The van der Waals surface area contributed by atoms with Crippen molar-refractivity contribution in [3.05, 3.63) is 46.0 Å². The third-order valence-corrected chi connectivity index (χ3v) is 5.05. The first-order valence-electron chi connectivity index (χ1n) is 8.59. The van der Waals surface area contributed by atoms with Crippen molar-refractivity contribution in [2.24, 2.45) is 0 Å². The number of rotatable bonds is 6. The molecule has 0 aliphatic carbocycles. The topological polar surface area (TPSA) is 79.4 Å². The molecule has 0 saturated carbocycles. The third-order valence-electron chi connectivity index (χ3n) is 4.27. The van der Waals surface area contributed by atoms with Crippen LogP contribution in [0.5, 0.6) is 0 Å². The van der Waals surface area contributed by atoms with Gasteiger partial charge in [0.25, 0.3) is 11.8 Å². The van der Waals surface area contributed by atoms with Gasteiger partial charge in [0.15, 0.2) is 5.13 Å². The van der Waals surface area contributed by atoms with Crippen LogP contribution in [0.4, 0.5) is 5.13 Å². The Hall–Kier alpha value is -2.54. The van der Waals surface area contributed by atoms with Crippen LogP contribution in [0.1, 0.15) is 64.6 Å². The summed E-state index contributed by atoms with van der Waals surface area (Å²) >= 11 is 1.40. The zero-order chi connectivity index (χ0) is 18.8. The number of nitrogens with one attached hydrogen (secondary N) is 1. The monoisotopic (exact) mass is 371 g/mol. The number of hydrogen-bond acceptors (Lipinski definition) is 5. The van der Waals surface area contributed by atoms with Gasteiger partial charge < -0.3 is 5.32 Å². The van der Waals surface area contributed by atoms with Crippen molar-refractivity contribution in [1.82, 2.24) is 9.88 Å². The molecule has 1 N–H and O–H groups in total. The highest BCUT2D eigenvalue weighted by atomic mass is 32.1. The van der Waals surface area contributed by atoms with Crippen molar-refractivity contribution < 1.29 is 14.4 Å². The quantitative estimate of drug-likeness (QED) is 0.787. The Bertz CT molecular complexity index is 873. The number of fused-ring (bicyclic) bond motifs is 1. The fourth-order valence-electron chi connectivity index (χ4n) is 2.80. The number of aryl methyl sites for hydroxylation is 1. The van der Waals surface area contributed by atoms with E-state index in [0.717, 1.165) is 11.3 Å². The van der Waals surface area contributed by atoms with Crippen LogP contribution in [-0.4, -0.2) is 34.2 Å². The van der Waals surface area contributed by atoms with Crippen molar-refractivity contribution in [1.29, 1.82) is 0 Å². The minimum atomic E-state index is -0.285. The van der Waals surface area contributed by atoms with Crippen LogP contribution in [0.2, 0.25) is 0 Å². The molecular formula is C19H21N3O3S. The number of aromatic nitrogens is 1. The Morgan fingerprint density at radius 3 is 2.65 bits per heavy atom. The number of nitrogens with zero attached hydrogens (tertiary/aromatic N) is 2. The summed E-state index contributed by atoms with van der Waals surface area (Å²) < 4.78 is 0. The molecule has 1 aromatic heterocycles. The summed E-state index contributed by atoms with van der Waals surface area (Å²) in [5.74, 6) is -0.418. The summed E-state index contributed by atoms with van der Waals surface area (Å²) in [7, 11) is 0. The fraction of sp³-hybridized carbons (Fsp3) is 0.368. The van der Waals surface area contributed by atoms with E-state index in [4.69, 9.17) is 0 Å². The highest BCUT2D eigenvalue weighted by molar-refractivity contribution is 7.13. The van der Waals surface area contributed by atoms with E-state index in [9.17, 15) is 14.4 Å². The molecule has 0 atom stereocenters. The third kappa shape index (κ3) is 3.67. The van der Waals surface area contributed by atoms with Gasteiger partial charge in [0.2, 0.25) is 5.91 Å². The van der Waals surface area contributed by atoms with Crippen LogP contribution in [0.3, 0.4) is 0 Å². The van der Waals surface area contributed by atoms with Crippen molar-refractivity contribution >= 4 is 34.2 Å². The number of carbonyl (C=O) groups excluding carboxylic acids is 3. The fourth-order valence-corrected chi connectivity index (χ4v) is 3.68. The minimum absolute atomic E-state index is 0.165.